The van der Waals surface area contributed by atoms with Crippen LogP contribution in [0.2, 0.25) is 0 Å². The van der Waals surface area contributed by atoms with Gasteiger partial charge >= 0.3 is 0 Å². The second-order valence-electron chi connectivity index (χ2n) is 7.63. The Bertz CT molecular complexity index is 976. The number of amides is 1. The number of carbonyl (C=O) groups excluding carboxylic acids is 1. The van der Waals surface area contributed by atoms with E-state index in [1.54, 1.807) is 4.90 Å². The van der Waals surface area contributed by atoms with Crippen LogP contribution < -0.4 is 5.32 Å². The minimum absolute atomic E-state index is 0.0921. The number of benzene rings is 2. The first-order chi connectivity index (χ1) is 14.1. The van der Waals surface area contributed by atoms with E-state index in [0.717, 1.165) is 48.3 Å². The lowest BCUT2D eigenvalue weighted by Gasteiger charge is -2.23. The van der Waals surface area contributed by atoms with Crippen LogP contribution in [-0.2, 0) is 6.54 Å². The van der Waals surface area contributed by atoms with Crippen molar-refractivity contribution in [3.8, 4) is 11.1 Å². The van der Waals surface area contributed by atoms with Crippen LogP contribution in [0.5, 0.6) is 0 Å². The molecule has 1 aromatic heterocycles. The van der Waals surface area contributed by atoms with Gasteiger partial charge in [0.15, 0.2) is 5.69 Å². The van der Waals surface area contributed by atoms with E-state index in [2.05, 4.69) is 39.9 Å². The Morgan fingerprint density at radius 3 is 2.55 bits per heavy atom. The number of hydrogen-bond donors (Lipinski definition) is 1. The second kappa shape index (κ2) is 8.57. The summed E-state index contributed by atoms with van der Waals surface area (Å²) in [6, 6.07) is 18.8. The third-order valence-electron chi connectivity index (χ3n) is 5.64. The van der Waals surface area contributed by atoms with Crippen LogP contribution in [0.15, 0.2) is 54.6 Å². The van der Waals surface area contributed by atoms with E-state index < -0.39 is 0 Å². The Labute approximate surface area is 171 Å². The van der Waals surface area contributed by atoms with E-state index in [1.807, 2.05) is 49.0 Å². The van der Waals surface area contributed by atoms with Gasteiger partial charge in [-0.15, -0.1) is 5.10 Å². The Hall–Kier alpha value is -2.99. The van der Waals surface area contributed by atoms with Crippen LogP contribution in [0.4, 0.5) is 0 Å². The maximum Gasteiger partial charge on any atom is 0.276 e. The highest BCUT2D eigenvalue weighted by atomic mass is 16.2. The van der Waals surface area contributed by atoms with Gasteiger partial charge in [-0.1, -0.05) is 59.8 Å². The third kappa shape index (κ3) is 4.07. The lowest BCUT2D eigenvalue weighted by atomic mass is 9.99. The van der Waals surface area contributed by atoms with Gasteiger partial charge in [0.25, 0.3) is 5.91 Å². The van der Waals surface area contributed by atoms with Crippen molar-refractivity contribution in [2.24, 2.45) is 0 Å². The topological polar surface area (TPSA) is 63.1 Å². The van der Waals surface area contributed by atoms with E-state index in [1.165, 1.54) is 0 Å². The fourth-order valence-corrected chi connectivity index (χ4v) is 4.00. The first-order valence-corrected chi connectivity index (χ1v) is 10.2. The summed E-state index contributed by atoms with van der Waals surface area (Å²) in [5, 5.41) is 11.9. The van der Waals surface area contributed by atoms with Crippen molar-refractivity contribution in [2.45, 2.75) is 32.4 Å². The molecule has 1 N–H and O–H groups in total. The van der Waals surface area contributed by atoms with Crippen LogP contribution >= 0.6 is 0 Å². The molecule has 4 rings (SSSR count). The summed E-state index contributed by atoms with van der Waals surface area (Å²) in [4.78, 5) is 14.8. The number of aromatic nitrogens is 3. The number of nitrogens with one attached hydrogen (secondary N) is 1. The van der Waals surface area contributed by atoms with Gasteiger partial charge in [-0.25, -0.2) is 4.68 Å². The van der Waals surface area contributed by atoms with Gasteiger partial charge in [-0.3, -0.25) is 4.79 Å². The van der Waals surface area contributed by atoms with Gasteiger partial charge < -0.3 is 10.2 Å². The first kappa shape index (κ1) is 19.3. The molecule has 0 atom stereocenters. The summed E-state index contributed by atoms with van der Waals surface area (Å²) in [5.41, 5.74) is 4.70. The second-order valence-corrected chi connectivity index (χ2v) is 7.63. The molecule has 0 spiro atoms. The van der Waals surface area contributed by atoms with Crippen LogP contribution in [0.1, 0.15) is 40.6 Å². The average Bonchev–Trinajstić information content (AvgIpc) is 3.16. The zero-order chi connectivity index (χ0) is 20.2. The van der Waals surface area contributed by atoms with Gasteiger partial charge in [-0.2, -0.15) is 0 Å². The summed E-state index contributed by atoms with van der Waals surface area (Å²) in [6.07, 6.45) is 2.02. The molecule has 29 heavy (non-hydrogen) atoms. The molecule has 1 aliphatic heterocycles. The molecule has 1 fully saturated rings. The zero-order valence-electron chi connectivity index (χ0n) is 17.0. The molecule has 0 bridgehead atoms. The van der Waals surface area contributed by atoms with Crippen molar-refractivity contribution >= 4 is 5.91 Å². The number of piperidine rings is 1. The largest absolute Gasteiger partial charge is 0.336 e. The number of hydrogen-bond acceptors (Lipinski definition) is 4. The van der Waals surface area contributed by atoms with Crippen molar-refractivity contribution in [3.05, 3.63) is 71.5 Å². The summed E-state index contributed by atoms with van der Waals surface area (Å²) in [6.45, 7) is 4.41. The van der Waals surface area contributed by atoms with Crippen molar-refractivity contribution in [3.63, 3.8) is 0 Å². The molecule has 2 heterocycles. The molecule has 150 valence electrons. The van der Waals surface area contributed by atoms with E-state index in [0.29, 0.717) is 18.3 Å². The predicted octanol–water partition coefficient (Wildman–Crippen LogP) is 3.45. The van der Waals surface area contributed by atoms with Crippen LogP contribution in [0, 0.1) is 6.92 Å². The molecule has 6 heteroatoms. The normalized spacial score (nSPS) is 14.7. The van der Waals surface area contributed by atoms with Gasteiger partial charge in [-0.05, 0) is 49.5 Å². The Morgan fingerprint density at radius 2 is 1.79 bits per heavy atom. The summed E-state index contributed by atoms with van der Waals surface area (Å²) < 4.78 is 1.93. The standard InChI is InChI=1S/C23H27N5O/c1-17-22(25-26-28(17)20-12-14-24-15-13-20)23(29)27(2)16-19-10-6-7-11-21(19)18-8-4-3-5-9-18/h3-11,20,24H,12-16H2,1-2H3. The van der Waals surface area contributed by atoms with Crippen molar-refractivity contribution in [1.29, 1.82) is 0 Å². The molecule has 0 unspecified atom stereocenters. The minimum atomic E-state index is -0.0921. The predicted molar refractivity (Wildman–Crippen MR) is 114 cm³/mol. The molecule has 3 aromatic rings. The van der Waals surface area contributed by atoms with E-state index in [-0.39, 0.29) is 5.91 Å². The fourth-order valence-electron chi connectivity index (χ4n) is 4.00. The van der Waals surface area contributed by atoms with E-state index >= 15 is 0 Å². The fraction of sp³-hybridized carbons (Fsp3) is 0.348. The highest BCUT2D eigenvalue weighted by Gasteiger charge is 2.25. The van der Waals surface area contributed by atoms with Gasteiger partial charge in [0, 0.05) is 13.6 Å². The molecule has 6 nitrogen and oxygen atoms in total. The molecule has 1 amide bonds. The number of rotatable bonds is 5. The number of carbonyl (C=O) groups is 1. The smallest absolute Gasteiger partial charge is 0.276 e. The summed E-state index contributed by atoms with van der Waals surface area (Å²) >= 11 is 0. The highest BCUT2D eigenvalue weighted by molar-refractivity contribution is 5.93. The lowest BCUT2D eigenvalue weighted by molar-refractivity contribution is 0.0778. The Balaban J connectivity index is 1.54. The highest BCUT2D eigenvalue weighted by Crippen LogP contribution is 2.25. The van der Waals surface area contributed by atoms with Crippen molar-refractivity contribution in [1.82, 2.24) is 25.2 Å². The Kier molecular flexibility index (Phi) is 5.71. The maximum absolute atomic E-state index is 13.1. The van der Waals surface area contributed by atoms with Crippen LogP contribution in [0.25, 0.3) is 11.1 Å². The Morgan fingerprint density at radius 1 is 1.10 bits per heavy atom. The molecular formula is C23H27N5O. The maximum atomic E-state index is 13.1. The van der Waals surface area contributed by atoms with Gasteiger partial charge in [0.1, 0.15) is 0 Å². The van der Waals surface area contributed by atoms with E-state index in [4.69, 9.17) is 0 Å². The van der Waals surface area contributed by atoms with Crippen molar-refractivity contribution < 1.29 is 4.79 Å². The molecular weight excluding hydrogens is 362 g/mol. The zero-order valence-corrected chi connectivity index (χ0v) is 17.0. The molecule has 1 aliphatic rings. The first-order valence-electron chi connectivity index (χ1n) is 10.2. The van der Waals surface area contributed by atoms with Crippen molar-refractivity contribution in [2.75, 3.05) is 20.1 Å². The van der Waals surface area contributed by atoms with Crippen LogP contribution in [-0.4, -0.2) is 45.9 Å². The van der Waals surface area contributed by atoms with Gasteiger partial charge in [0.05, 0.1) is 11.7 Å². The quantitative estimate of drug-likeness (QED) is 0.726. The molecule has 2 aromatic carbocycles. The molecule has 0 saturated carbocycles. The molecule has 0 aliphatic carbocycles. The SMILES string of the molecule is Cc1c(C(=O)N(C)Cc2ccccc2-c2ccccc2)nnn1C1CCNCC1. The van der Waals surface area contributed by atoms with E-state index in [9.17, 15) is 4.79 Å². The third-order valence-corrected chi connectivity index (χ3v) is 5.64. The monoisotopic (exact) mass is 389 g/mol. The number of nitrogens with zero attached hydrogens (tertiary/aromatic N) is 4. The summed E-state index contributed by atoms with van der Waals surface area (Å²) in [5.74, 6) is -0.0921. The average molecular weight is 390 g/mol. The molecule has 0 radical (unpaired) electrons. The van der Waals surface area contributed by atoms with Gasteiger partial charge in [0.2, 0.25) is 0 Å². The molecule has 1 saturated heterocycles. The van der Waals surface area contributed by atoms with Crippen LogP contribution in [0.3, 0.4) is 0 Å². The summed E-state index contributed by atoms with van der Waals surface area (Å²) in [7, 11) is 1.83. The minimum Gasteiger partial charge on any atom is -0.336 e. The lowest BCUT2D eigenvalue weighted by Crippen LogP contribution is -2.30.